The largest absolute Gasteiger partial charge is 0.384 e. The Morgan fingerprint density at radius 3 is 2.25 bits per heavy atom. The number of sulfone groups is 1. The van der Waals surface area contributed by atoms with Crippen LogP contribution >= 0.6 is 0 Å². The van der Waals surface area contributed by atoms with Crippen molar-refractivity contribution in [1.82, 2.24) is 0 Å². The van der Waals surface area contributed by atoms with Gasteiger partial charge in [0.05, 0.1) is 4.90 Å². The van der Waals surface area contributed by atoms with Crippen LogP contribution in [0.2, 0.25) is 0 Å². The first-order chi connectivity index (χ1) is 9.29. The summed E-state index contributed by atoms with van der Waals surface area (Å²) in [6.45, 7) is 1.78. The van der Waals surface area contributed by atoms with Gasteiger partial charge in [-0.15, -0.1) is 0 Å². The van der Waals surface area contributed by atoms with E-state index < -0.39 is 21.8 Å². The van der Waals surface area contributed by atoms with Crippen LogP contribution in [0.15, 0.2) is 47.4 Å². The fraction of sp³-hybridized carbons (Fsp3) is 0.200. The van der Waals surface area contributed by atoms with Crippen LogP contribution in [0.5, 0.6) is 0 Å². The second kappa shape index (κ2) is 5.34. The monoisotopic (exact) mass is 294 g/mol. The maximum atomic E-state index is 13.3. The normalized spacial score (nSPS) is 13.2. The number of hydrogen-bond acceptors (Lipinski definition) is 3. The lowest BCUT2D eigenvalue weighted by Crippen LogP contribution is -2.04. The lowest BCUT2D eigenvalue weighted by molar-refractivity contribution is 0.219. The van der Waals surface area contributed by atoms with Gasteiger partial charge in [0.15, 0.2) is 9.84 Å². The molecule has 2 rings (SSSR count). The smallest absolute Gasteiger partial charge is 0.175 e. The maximum absolute atomic E-state index is 13.3. The van der Waals surface area contributed by atoms with Gasteiger partial charge in [0.25, 0.3) is 0 Å². The summed E-state index contributed by atoms with van der Waals surface area (Å²) in [6.07, 6.45) is 0.133. The lowest BCUT2D eigenvalue weighted by Gasteiger charge is -2.14. The number of rotatable bonds is 3. The lowest BCUT2D eigenvalue weighted by atomic mass is 9.97. The molecule has 0 saturated carbocycles. The summed E-state index contributed by atoms with van der Waals surface area (Å²) in [6, 6.07) is 10.1. The molecule has 1 N–H and O–H groups in total. The molecular weight excluding hydrogens is 279 g/mol. The number of halogens is 1. The molecule has 0 heterocycles. The van der Waals surface area contributed by atoms with E-state index in [1.165, 1.54) is 36.4 Å². The van der Waals surface area contributed by atoms with Crippen LogP contribution in [0.4, 0.5) is 4.39 Å². The van der Waals surface area contributed by atoms with E-state index in [0.717, 1.165) is 11.8 Å². The van der Waals surface area contributed by atoms with Gasteiger partial charge in [-0.3, -0.25) is 0 Å². The predicted octanol–water partition coefficient (Wildman–Crippen LogP) is 2.62. The Balaban J connectivity index is 2.39. The van der Waals surface area contributed by atoms with E-state index in [1.54, 1.807) is 13.0 Å². The van der Waals surface area contributed by atoms with E-state index in [4.69, 9.17) is 0 Å². The zero-order valence-corrected chi connectivity index (χ0v) is 12.0. The number of aliphatic hydroxyl groups is 1. The van der Waals surface area contributed by atoms with Crippen LogP contribution in [-0.4, -0.2) is 19.8 Å². The highest BCUT2D eigenvalue weighted by molar-refractivity contribution is 7.90. The van der Waals surface area contributed by atoms with Crippen LogP contribution in [0.25, 0.3) is 0 Å². The summed E-state index contributed by atoms with van der Waals surface area (Å²) in [5.41, 5.74) is 1.76. The van der Waals surface area contributed by atoms with Crippen LogP contribution < -0.4 is 0 Å². The van der Waals surface area contributed by atoms with Gasteiger partial charge in [0.1, 0.15) is 11.9 Å². The summed E-state index contributed by atoms with van der Waals surface area (Å²) in [5.74, 6) is -0.419. The Hall–Kier alpha value is -1.72. The molecule has 0 saturated heterocycles. The number of benzene rings is 2. The van der Waals surface area contributed by atoms with Crippen molar-refractivity contribution in [2.45, 2.75) is 17.9 Å². The molecule has 5 heteroatoms. The van der Waals surface area contributed by atoms with Gasteiger partial charge < -0.3 is 5.11 Å². The van der Waals surface area contributed by atoms with Crippen molar-refractivity contribution in [3.05, 3.63) is 65.0 Å². The van der Waals surface area contributed by atoms with Crippen molar-refractivity contribution >= 4 is 9.84 Å². The first-order valence-electron chi connectivity index (χ1n) is 6.03. The quantitative estimate of drug-likeness (QED) is 0.946. The molecule has 0 spiro atoms. The molecule has 0 aliphatic rings. The third kappa shape index (κ3) is 3.05. The summed E-state index contributed by atoms with van der Waals surface area (Å²) >= 11 is 0. The van der Waals surface area contributed by atoms with Gasteiger partial charge in [0.2, 0.25) is 0 Å². The van der Waals surface area contributed by atoms with Crippen molar-refractivity contribution < 1.29 is 17.9 Å². The molecule has 0 aliphatic heterocycles. The van der Waals surface area contributed by atoms with Crippen LogP contribution in [-0.2, 0) is 9.84 Å². The molecule has 0 aliphatic carbocycles. The Kier molecular flexibility index (Phi) is 3.92. The number of aliphatic hydroxyl groups excluding tert-OH is 1. The second-order valence-corrected chi connectivity index (χ2v) is 6.76. The van der Waals surface area contributed by atoms with E-state index >= 15 is 0 Å². The molecule has 0 amide bonds. The Bertz CT molecular complexity index is 721. The minimum Gasteiger partial charge on any atom is -0.384 e. The average molecular weight is 294 g/mol. The molecule has 1 atom stereocenters. The van der Waals surface area contributed by atoms with Crippen molar-refractivity contribution in [3.63, 3.8) is 0 Å². The SMILES string of the molecule is Cc1ccc(F)cc1C(O)c1ccc(S(C)(=O)=O)cc1. The maximum Gasteiger partial charge on any atom is 0.175 e. The Morgan fingerprint density at radius 1 is 1.10 bits per heavy atom. The van der Waals surface area contributed by atoms with Gasteiger partial charge in [-0.2, -0.15) is 0 Å². The van der Waals surface area contributed by atoms with Crippen molar-refractivity contribution in [2.24, 2.45) is 0 Å². The van der Waals surface area contributed by atoms with E-state index in [9.17, 15) is 17.9 Å². The molecule has 0 bridgehead atoms. The third-order valence-electron chi connectivity index (χ3n) is 3.16. The van der Waals surface area contributed by atoms with Crippen LogP contribution in [0.3, 0.4) is 0 Å². The summed E-state index contributed by atoms with van der Waals surface area (Å²) in [7, 11) is -3.27. The molecule has 0 aromatic heterocycles. The fourth-order valence-electron chi connectivity index (χ4n) is 1.98. The van der Waals surface area contributed by atoms with Gasteiger partial charge in [0, 0.05) is 6.26 Å². The Labute approximate surface area is 117 Å². The molecule has 2 aromatic rings. The molecule has 0 radical (unpaired) electrons. The standard InChI is InChI=1S/C15H15FO3S/c1-10-3-6-12(16)9-14(10)15(17)11-4-7-13(8-5-11)20(2,18)19/h3-9,15,17H,1-2H3. The van der Waals surface area contributed by atoms with E-state index in [1.807, 2.05) is 0 Å². The second-order valence-electron chi connectivity index (χ2n) is 4.74. The van der Waals surface area contributed by atoms with Gasteiger partial charge in [-0.1, -0.05) is 18.2 Å². The average Bonchev–Trinajstić information content (AvgIpc) is 2.40. The van der Waals surface area contributed by atoms with Gasteiger partial charge in [-0.05, 0) is 47.9 Å². The third-order valence-corrected chi connectivity index (χ3v) is 4.29. The van der Waals surface area contributed by atoms with Crippen molar-refractivity contribution in [2.75, 3.05) is 6.26 Å². The predicted molar refractivity (Wildman–Crippen MR) is 74.8 cm³/mol. The minimum absolute atomic E-state index is 0.185. The first-order valence-corrected chi connectivity index (χ1v) is 7.92. The molecule has 1 unspecified atom stereocenters. The summed E-state index contributed by atoms with van der Waals surface area (Å²) in [4.78, 5) is 0.185. The zero-order valence-electron chi connectivity index (χ0n) is 11.2. The summed E-state index contributed by atoms with van der Waals surface area (Å²) < 4.78 is 36.0. The molecule has 20 heavy (non-hydrogen) atoms. The van der Waals surface area contributed by atoms with E-state index in [0.29, 0.717) is 11.1 Å². The topological polar surface area (TPSA) is 54.4 Å². The zero-order chi connectivity index (χ0) is 14.9. The molecular formula is C15H15FO3S. The first kappa shape index (κ1) is 14.7. The van der Waals surface area contributed by atoms with Gasteiger partial charge >= 0.3 is 0 Å². The van der Waals surface area contributed by atoms with Crippen LogP contribution in [0.1, 0.15) is 22.8 Å². The van der Waals surface area contributed by atoms with E-state index in [-0.39, 0.29) is 4.90 Å². The summed E-state index contributed by atoms with van der Waals surface area (Å²) in [5, 5.41) is 10.3. The fourth-order valence-corrected chi connectivity index (χ4v) is 2.61. The number of aryl methyl sites for hydroxylation is 1. The van der Waals surface area contributed by atoms with Crippen molar-refractivity contribution in [1.29, 1.82) is 0 Å². The van der Waals surface area contributed by atoms with E-state index in [2.05, 4.69) is 0 Å². The molecule has 106 valence electrons. The number of hydrogen-bond donors (Lipinski definition) is 1. The Morgan fingerprint density at radius 2 is 1.70 bits per heavy atom. The molecule has 0 fully saturated rings. The molecule has 3 nitrogen and oxygen atoms in total. The molecule has 2 aromatic carbocycles. The minimum atomic E-state index is -3.27. The van der Waals surface area contributed by atoms with Crippen LogP contribution in [0, 0.1) is 12.7 Å². The van der Waals surface area contributed by atoms with Gasteiger partial charge in [-0.25, -0.2) is 12.8 Å². The highest BCUT2D eigenvalue weighted by Gasteiger charge is 2.15. The highest BCUT2D eigenvalue weighted by Crippen LogP contribution is 2.26. The highest BCUT2D eigenvalue weighted by atomic mass is 32.2. The van der Waals surface area contributed by atoms with Crippen molar-refractivity contribution in [3.8, 4) is 0 Å².